The highest BCUT2D eigenvalue weighted by molar-refractivity contribution is 5.97. The van der Waals surface area contributed by atoms with Crippen molar-refractivity contribution in [2.24, 2.45) is 7.05 Å². The van der Waals surface area contributed by atoms with Crippen LogP contribution in [0.25, 0.3) is 10.8 Å². The Bertz CT molecular complexity index is 1260. The summed E-state index contributed by atoms with van der Waals surface area (Å²) in [4.78, 5) is 16.7. The van der Waals surface area contributed by atoms with E-state index < -0.39 is 23.0 Å². The Morgan fingerprint density at radius 3 is 2.86 bits per heavy atom. The van der Waals surface area contributed by atoms with Gasteiger partial charge in [0.1, 0.15) is 23.6 Å². The molecule has 3 aromatic rings. The molecular weight excluding hydrogens is 378 g/mol. The molecule has 0 saturated heterocycles. The standard InChI is InChI=1S/C20H18F2N6O/c1-20(22)5-3-10(4-6-20)16-15(18-23-9-24-28(18)2)17-14-12(19(29)27-26-17)7-11(21)8-13(14)25-16/h3-5,7-9,15-16,25H,6H2,1-2H3,(H,27,29). The van der Waals surface area contributed by atoms with Crippen LogP contribution in [0.5, 0.6) is 0 Å². The van der Waals surface area contributed by atoms with Crippen molar-refractivity contribution in [3.63, 3.8) is 0 Å². The third kappa shape index (κ3) is 2.76. The Morgan fingerprint density at radius 2 is 2.17 bits per heavy atom. The van der Waals surface area contributed by atoms with E-state index in [0.717, 1.165) is 5.57 Å². The van der Waals surface area contributed by atoms with E-state index in [9.17, 15) is 13.6 Å². The number of H-pyrrole nitrogens is 1. The fourth-order valence-corrected chi connectivity index (χ4v) is 4.12. The van der Waals surface area contributed by atoms with E-state index >= 15 is 0 Å². The molecule has 3 atom stereocenters. The van der Waals surface area contributed by atoms with Crippen molar-refractivity contribution in [1.29, 1.82) is 0 Å². The maximum absolute atomic E-state index is 14.3. The van der Waals surface area contributed by atoms with Gasteiger partial charge in [-0.1, -0.05) is 12.2 Å². The Labute approximate surface area is 164 Å². The van der Waals surface area contributed by atoms with E-state index in [0.29, 0.717) is 22.6 Å². The van der Waals surface area contributed by atoms with E-state index in [-0.39, 0.29) is 17.8 Å². The first-order valence-corrected chi connectivity index (χ1v) is 9.24. The summed E-state index contributed by atoms with van der Waals surface area (Å²) in [5.41, 5.74) is -0.000699. The minimum atomic E-state index is -1.41. The van der Waals surface area contributed by atoms with Gasteiger partial charge in [0.15, 0.2) is 0 Å². The Kier molecular flexibility index (Phi) is 3.71. The summed E-state index contributed by atoms with van der Waals surface area (Å²) < 4.78 is 30.1. The maximum atomic E-state index is 14.3. The highest BCUT2D eigenvalue weighted by Gasteiger charge is 2.39. The monoisotopic (exact) mass is 396 g/mol. The predicted molar refractivity (Wildman–Crippen MR) is 104 cm³/mol. The van der Waals surface area contributed by atoms with Gasteiger partial charge in [-0.05, 0) is 30.7 Å². The van der Waals surface area contributed by atoms with Gasteiger partial charge in [-0.2, -0.15) is 10.2 Å². The molecule has 5 rings (SSSR count). The Morgan fingerprint density at radius 1 is 1.34 bits per heavy atom. The summed E-state index contributed by atoms with van der Waals surface area (Å²) in [6.07, 6.45) is 6.76. The zero-order valence-corrected chi connectivity index (χ0v) is 15.8. The highest BCUT2D eigenvalue weighted by atomic mass is 19.1. The van der Waals surface area contributed by atoms with Gasteiger partial charge in [-0.3, -0.25) is 9.48 Å². The number of nitrogens with zero attached hydrogens (tertiary/aromatic N) is 4. The molecule has 0 radical (unpaired) electrons. The number of aromatic nitrogens is 5. The molecule has 0 bridgehead atoms. The van der Waals surface area contributed by atoms with E-state index in [2.05, 4.69) is 25.6 Å². The topological polar surface area (TPSA) is 88.5 Å². The number of hydrogen-bond acceptors (Lipinski definition) is 5. The van der Waals surface area contributed by atoms with Gasteiger partial charge >= 0.3 is 0 Å². The molecule has 0 spiro atoms. The van der Waals surface area contributed by atoms with Crippen LogP contribution in [0.4, 0.5) is 14.5 Å². The molecule has 0 saturated carbocycles. The lowest BCUT2D eigenvalue weighted by Crippen LogP contribution is -2.37. The van der Waals surface area contributed by atoms with E-state index in [4.69, 9.17) is 0 Å². The van der Waals surface area contributed by atoms with Crippen LogP contribution < -0.4 is 10.9 Å². The van der Waals surface area contributed by atoms with E-state index in [1.165, 1.54) is 31.5 Å². The molecule has 148 valence electrons. The van der Waals surface area contributed by atoms with Crippen LogP contribution in [0.15, 0.2) is 47.1 Å². The molecule has 2 N–H and O–H groups in total. The van der Waals surface area contributed by atoms with Gasteiger partial charge < -0.3 is 5.32 Å². The van der Waals surface area contributed by atoms with Crippen LogP contribution in [0.1, 0.15) is 30.8 Å². The smallest absolute Gasteiger partial charge is 0.272 e. The zero-order valence-electron chi connectivity index (χ0n) is 15.8. The van der Waals surface area contributed by atoms with Crippen LogP contribution in [-0.4, -0.2) is 36.7 Å². The van der Waals surface area contributed by atoms with Crippen LogP contribution in [-0.2, 0) is 7.05 Å². The number of halogens is 2. The third-order valence-electron chi connectivity index (χ3n) is 5.56. The third-order valence-corrected chi connectivity index (χ3v) is 5.56. The fourth-order valence-electron chi connectivity index (χ4n) is 4.12. The number of aromatic amines is 1. The van der Waals surface area contributed by atoms with Crippen molar-refractivity contribution in [2.45, 2.75) is 31.0 Å². The minimum absolute atomic E-state index is 0.215. The van der Waals surface area contributed by atoms with Crippen molar-refractivity contribution >= 4 is 16.5 Å². The molecule has 1 aliphatic heterocycles. The molecule has 1 aliphatic carbocycles. The number of aryl methyl sites for hydroxylation is 1. The first-order valence-electron chi connectivity index (χ1n) is 9.24. The molecule has 3 unspecified atom stereocenters. The van der Waals surface area contributed by atoms with Crippen molar-refractivity contribution in [1.82, 2.24) is 25.0 Å². The molecular formula is C20H18F2N6O. The highest BCUT2D eigenvalue weighted by Crippen LogP contribution is 2.43. The van der Waals surface area contributed by atoms with Gasteiger partial charge in [0.05, 0.1) is 23.0 Å². The number of allylic oxidation sites excluding steroid dienone is 2. The van der Waals surface area contributed by atoms with Crippen molar-refractivity contribution in [3.05, 3.63) is 70.0 Å². The van der Waals surface area contributed by atoms with Crippen LogP contribution in [0.3, 0.4) is 0 Å². The van der Waals surface area contributed by atoms with E-state index in [1.54, 1.807) is 17.8 Å². The van der Waals surface area contributed by atoms with Gasteiger partial charge in [0.2, 0.25) is 0 Å². The molecule has 0 fully saturated rings. The lowest BCUT2D eigenvalue weighted by molar-refractivity contribution is 0.258. The fraction of sp³-hybridized carbons (Fsp3) is 0.300. The summed E-state index contributed by atoms with van der Waals surface area (Å²) in [7, 11) is 1.77. The number of alkyl halides is 1. The molecule has 2 aromatic heterocycles. The number of hydrogen-bond donors (Lipinski definition) is 2. The average Bonchev–Trinajstić information content (AvgIpc) is 3.09. The number of anilines is 1. The molecule has 29 heavy (non-hydrogen) atoms. The molecule has 7 nitrogen and oxygen atoms in total. The lowest BCUT2D eigenvalue weighted by atomic mass is 9.80. The second-order valence-corrected chi connectivity index (χ2v) is 7.68. The second kappa shape index (κ2) is 6.07. The first-order chi connectivity index (χ1) is 13.8. The quantitative estimate of drug-likeness (QED) is 0.695. The maximum Gasteiger partial charge on any atom is 0.272 e. The SMILES string of the molecule is Cn1ncnc1C1c2n[nH]c(=O)c3cc(F)cc(c23)NC1C1=CCC(C)(F)C=C1. The Hall–Kier alpha value is -3.36. The van der Waals surface area contributed by atoms with Gasteiger partial charge in [0, 0.05) is 24.5 Å². The van der Waals surface area contributed by atoms with Crippen LogP contribution >= 0.6 is 0 Å². The van der Waals surface area contributed by atoms with Crippen molar-refractivity contribution < 1.29 is 8.78 Å². The summed E-state index contributed by atoms with van der Waals surface area (Å²) in [5, 5.41) is 15.1. The molecule has 2 aliphatic rings. The van der Waals surface area contributed by atoms with Crippen molar-refractivity contribution in [3.8, 4) is 0 Å². The summed E-state index contributed by atoms with van der Waals surface area (Å²) in [6, 6.07) is 2.16. The molecule has 1 aromatic carbocycles. The number of rotatable bonds is 2. The molecule has 9 heteroatoms. The second-order valence-electron chi connectivity index (χ2n) is 7.68. The Balaban J connectivity index is 1.76. The van der Waals surface area contributed by atoms with Crippen molar-refractivity contribution in [2.75, 3.05) is 5.32 Å². The van der Waals surface area contributed by atoms with Crippen LogP contribution in [0, 0.1) is 5.82 Å². The van der Waals surface area contributed by atoms with E-state index in [1.807, 2.05) is 6.08 Å². The zero-order chi connectivity index (χ0) is 20.3. The normalized spacial score (nSPS) is 25.7. The summed E-state index contributed by atoms with van der Waals surface area (Å²) in [6.45, 7) is 1.52. The average molecular weight is 396 g/mol. The summed E-state index contributed by atoms with van der Waals surface area (Å²) >= 11 is 0. The predicted octanol–water partition coefficient (Wildman–Crippen LogP) is 2.73. The number of nitrogens with one attached hydrogen (secondary N) is 2. The summed E-state index contributed by atoms with van der Waals surface area (Å²) in [5.74, 6) is -0.316. The largest absolute Gasteiger partial charge is 0.376 e. The van der Waals surface area contributed by atoms with Gasteiger partial charge in [-0.15, -0.1) is 0 Å². The first kappa shape index (κ1) is 17.7. The van der Waals surface area contributed by atoms with Gasteiger partial charge in [0.25, 0.3) is 5.56 Å². The van der Waals surface area contributed by atoms with Gasteiger partial charge in [-0.25, -0.2) is 18.9 Å². The minimum Gasteiger partial charge on any atom is -0.376 e. The molecule has 0 amide bonds. The number of benzene rings is 1. The molecule has 3 heterocycles. The van der Waals surface area contributed by atoms with Crippen LogP contribution in [0.2, 0.25) is 0 Å². The lowest BCUT2D eigenvalue weighted by Gasteiger charge is -2.35.